The lowest BCUT2D eigenvalue weighted by atomic mass is 9.95. The van der Waals surface area contributed by atoms with Crippen LogP contribution in [0.3, 0.4) is 0 Å². The molecule has 0 saturated heterocycles. The van der Waals surface area contributed by atoms with Crippen molar-refractivity contribution in [1.29, 1.82) is 0 Å². The number of thiophene rings is 1. The first kappa shape index (κ1) is 14.8. The predicted molar refractivity (Wildman–Crippen MR) is 86.2 cm³/mol. The largest absolute Gasteiger partial charge is 0.398 e. The Kier molecular flexibility index (Phi) is 3.96. The summed E-state index contributed by atoms with van der Waals surface area (Å²) < 4.78 is 27.9. The fourth-order valence-electron chi connectivity index (χ4n) is 2.60. The summed E-state index contributed by atoms with van der Waals surface area (Å²) in [6, 6.07) is 6.27. The van der Waals surface area contributed by atoms with Crippen molar-refractivity contribution in [2.75, 3.05) is 5.73 Å². The number of anilines is 1. The van der Waals surface area contributed by atoms with Crippen LogP contribution in [0.25, 0.3) is 0 Å². The average molecular weight is 343 g/mol. The molecule has 0 fully saturated rings. The summed E-state index contributed by atoms with van der Waals surface area (Å²) in [5, 5.41) is 2.36. The highest BCUT2D eigenvalue weighted by molar-refractivity contribution is 7.89. The summed E-state index contributed by atoms with van der Waals surface area (Å²) >= 11 is 7.56. The number of halogens is 1. The van der Waals surface area contributed by atoms with Gasteiger partial charge in [0, 0.05) is 15.9 Å². The number of fused-ring (bicyclic) bond motifs is 1. The van der Waals surface area contributed by atoms with Gasteiger partial charge in [-0.15, -0.1) is 11.3 Å². The Bertz CT molecular complexity index is 771. The van der Waals surface area contributed by atoms with Crippen LogP contribution in [0.1, 0.15) is 29.3 Å². The van der Waals surface area contributed by atoms with E-state index in [1.807, 2.05) is 11.4 Å². The first-order chi connectivity index (χ1) is 9.97. The third-order valence-corrected chi connectivity index (χ3v) is 6.37. The second kappa shape index (κ2) is 5.61. The van der Waals surface area contributed by atoms with E-state index in [1.54, 1.807) is 17.4 Å². The summed E-state index contributed by atoms with van der Waals surface area (Å²) in [6.45, 7) is 0. The van der Waals surface area contributed by atoms with Crippen LogP contribution in [-0.2, 0) is 16.4 Å². The van der Waals surface area contributed by atoms with Crippen molar-refractivity contribution in [3.05, 3.63) is 45.1 Å². The molecule has 112 valence electrons. The zero-order valence-electron chi connectivity index (χ0n) is 11.2. The van der Waals surface area contributed by atoms with Gasteiger partial charge in [0.15, 0.2) is 0 Å². The first-order valence-electron chi connectivity index (χ1n) is 6.61. The average Bonchev–Trinajstić information content (AvgIpc) is 2.90. The van der Waals surface area contributed by atoms with Crippen LogP contribution in [0, 0.1) is 0 Å². The normalized spacial score (nSPS) is 18.4. The van der Waals surface area contributed by atoms with Crippen LogP contribution >= 0.6 is 22.9 Å². The molecule has 1 aromatic heterocycles. The number of nitrogens with two attached hydrogens (primary N) is 1. The second-order valence-corrected chi connectivity index (χ2v) is 8.17. The van der Waals surface area contributed by atoms with Crippen LogP contribution < -0.4 is 10.5 Å². The predicted octanol–water partition coefficient (Wildman–Crippen LogP) is 3.34. The zero-order valence-corrected chi connectivity index (χ0v) is 13.6. The van der Waals surface area contributed by atoms with Crippen LogP contribution in [-0.4, -0.2) is 8.42 Å². The van der Waals surface area contributed by atoms with E-state index in [-0.39, 0.29) is 16.6 Å². The monoisotopic (exact) mass is 342 g/mol. The molecule has 0 spiro atoms. The lowest BCUT2D eigenvalue weighted by Crippen LogP contribution is -2.31. The molecular formula is C14H15ClN2O2S2. The number of rotatable bonds is 3. The molecule has 3 N–H and O–H groups in total. The number of aryl methyl sites for hydroxylation is 1. The minimum absolute atomic E-state index is 0.0392. The van der Waals surface area contributed by atoms with Gasteiger partial charge in [-0.25, -0.2) is 13.1 Å². The standard InChI is InChI=1S/C14H15ClN2O2S2/c15-9-4-5-11(16)14(8-9)21(18,19)17-12-2-1-3-13-10(12)6-7-20-13/h4-8,12,17H,1-3,16H2. The zero-order chi connectivity index (χ0) is 15.0. The molecule has 1 aliphatic rings. The van der Waals surface area contributed by atoms with Crippen LogP contribution in [0.15, 0.2) is 34.5 Å². The molecule has 1 atom stereocenters. The minimum atomic E-state index is -3.69. The van der Waals surface area contributed by atoms with Crippen LogP contribution in [0.4, 0.5) is 5.69 Å². The summed E-state index contributed by atoms with van der Waals surface area (Å²) in [5.41, 5.74) is 7.06. The maximum absolute atomic E-state index is 12.6. The molecule has 0 saturated carbocycles. The number of hydrogen-bond acceptors (Lipinski definition) is 4. The third-order valence-electron chi connectivity index (χ3n) is 3.61. The van der Waals surface area contributed by atoms with Gasteiger partial charge in [-0.05, 0) is 54.5 Å². The van der Waals surface area contributed by atoms with E-state index in [2.05, 4.69) is 4.72 Å². The first-order valence-corrected chi connectivity index (χ1v) is 9.35. The van der Waals surface area contributed by atoms with Gasteiger partial charge in [0.05, 0.1) is 5.69 Å². The number of nitrogens with one attached hydrogen (secondary N) is 1. The Morgan fingerprint density at radius 1 is 1.33 bits per heavy atom. The van der Waals surface area contributed by atoms with Crippen molar-refractivity contribution >= 4 is 38.6 Å². The fourth-order valence-corrected chi connectivity index (χ4v) is 5.23. The summed E-state index contributed by atoms with van der Waals surface area (Å²) in [7, 11) is -3.69. The molecule has 0 amide bonds. The SMILES string of the molecule is Nc1ccc(Cl)cc1S(=O)(=O)NC1CCCc2sccc21. The molecule has 7 heteroatoms. The maximum Gasteiger partial charge on any atom is 0.243 e. The quantitative estimate of drug-likeness (QED) is 0.840. The highest BCUT2D eigenvalue weighted by atomic mass is 35.5. The number of benzene rings is 1. The Morgan fingerprint density at radius 3 is 2.95 bits per heavy atom. The highest BCUT2D eigenvalue weighted by Gasteiger charge is 2.27. The van der Waals surface area contributed by atoms with Gasteiger partial charge >= 0.3 is 0 Å². The van der Waals surface area contributed by atoms with Crippen molar-refractivity contribution in [2.45, 2.75) is 30.2 Å². The van der Waals surface area contributed by atoms with Crippen molar-refractivity contribution < 1.29 is 8.42 Å². The van der Waals surface area contributed by atoms with E-state index in [9.17, 15) is 8.42 Å². The molecule has 0 radical (unpaired) electrons. The molecule has 1 aromatic carbocycles. The minimum Gasteiger partial charge on any atom is -0.398 e. The molecule has 1 unspecified atom stereocenters. The molecule has 4 nitrogen and oxygen atoms in total. The Balaban J connectivity index is 1.93. The van der Waals surface area contributed by atoms with E-state index in [4.69, 9.17) is 17.3 Å². The number of nitrogen functional groups attached to an aromatic ring is 1. The van der Waals surface area contributed by atoms with Gasteiger partial charge in [0.25, 0.3) is 0 Å². The topological polar surface area (TPSA) is 72.2 Å². The van der Waals surface area contributed by atoms with Gasteiger partial charge in [-0.3, -0.25) is 0 Å². The molecule has 1 aliphatic carbocycles. The fraction of sp³-hybridized carbons (Fsp3) is 0.286. The molecule has 1 heterocycles. The molecule has 3 rings (SSSR count). The van der Waals surface area contributed by atoms with Crippen molar-refractivity contribution in [2.24, 2.45) is 0 Å². The lowest BCUT2D eigenvalue weighted by molar-refractivity contribution is 0.511. The summed E-state index contributed by atoms with van der Waals surface area (Å²) in [5.74, 6) is 0. The van der Waals surface area contributed by atoms with Crippen molar-refractivity contribution in [3.63, 3.8) is 0 Å². The molecule has 0 bridgehead atoms. The van der Waals surface area contributed by atoms with E-state index >= 15 is 0 Å². The lowest BCUT2D eigenvalue weighted by Gasteiger charge is -2.24. The van der Waals surface area contributed by atoms with E-state index in [1.165, 1.54) is 17.0 Å². The van der Waals surface area contributed by atoms with Crippen LogP contribution in [0.2, 0.25) is 5.02 Å². The van der Waals surface area contributed by atoms with Gasteiger partial charge in [-0.2, -0.15) is 0 Å². The van der Waals surface area contributed by atoms with Crippen molar-refractivity contribution in [3.8, 4) is 0 Å². The van der Waals surface area contributed by atoms with Crippen LogP contribution in [0.5, 0.6) is 0 Å². The van der Waals surface area contributed by atoms with Gasteiger partial charge in [0.2, 0.25) is 10.0 Å². The smallest absolute Gasteiger partial charge is 0.243 e. The molecular weight excluding hydrogens is 328 g/mol. The Labute approximate surface area is 133 Å². The number of sulfonamides is 1. The molecule has 2 aromatic rings. The summed E-state index contributed by atoms with van der Waals surface area (Å²) in [4.78, 5) is 1.30. The molecule has 21 heavy (non-hydrogen) atoms. The van der Waals surface area contributed by atoms with Gasteiger partial charge in [-0.1, -0.05) is 11.6 Å². The van der Waals surface area contributed by atoms with E-state index in [0.717, 1.165) is 24.8 Å². The second-order valence-electron chi connectivity index (χ2n) is 5.05. The van der Waals surface area contributed by atoms with E-state index in [0.29, 0.717) is 5.02 Å². The van der Waals surface area contributed by atoms with Crippen molar-refractivity contribution in [1.82, 2.24) is 4.72 Å². The molecule has 0 aliphatic heterocycles. The third kappa shape index (κ3) is 2.94. The Morgan fingerprint density at radius 2 is 2.14 bits per heavy atom. The van der Waals surface area contributed by atoms with Gasteiger partial charge < -0.3 is 5.73 Å². The Hall–Kier alpha value is -1.08. The van der Waals surface area contributed by atoms with Gasteiger partial charge in [0.1, 0.15) is 4.90 Å². The highest BCUT2D eigenvalue weighted by Crippen LogP contribution is 2.34. The summed E-state index contributed by atoms with van der Waals surface area (Å²) in [6.07, 6.45) is 2.79. The maximum atomic E-state index is 12.6. The van der Waals surface area contributed by atoms with E-state index < -0.39 is 10.0 Å². The number of hydrogen-bond donors (Lipinski definition) is 2.